The van der Waals surface area contributed by atoms with E-state index >= 15 is 0 Å². The fraction of sp³-hybridized carbons (Fsp3) is 0.636. The van der Waals surface area contributed by atoms with E-state index in [1.54, 1.807) is 0 Å². The Morgan fingerprint density at radius 3 is 2.46 bits per heavy atom. The summed E-state index contributed by atoms with van der Waals surface area (Å²) in [6.07, 6.45) is 9.81. The summed E-state index contributed by atoms with van der Waals surface area (Å²) in [6.45, 7) is 6.99. The van der Waals surface area contributed by atoms with Crippen molar-refractivity contribution >= 4 is 11.6 Å². The van der Waals surface area contributed by atoms with E-state index in [0.29, 0.717) is 5.69 Å². The van der Waals surface area contributed by atoms with E-state index in [0.717, 1.165) is 76.0 Å². The summed E-state index contributed by atoms with van der Waals surface area (Å²) in [6, 6.07) is 6.84. The van der Waals surface area contributed by atoms with E-state index < -0.39 is 0 Å². The zero-order chi connectivity index (χ0) is 18.9. The number of amides is 1. The molecule has 6 heteroatoms. The third-order valence-corrected chi connectivity index (χ3v) is 6.85. The topological polar surface area (TPSA) is 44.1 Å². The van der Waals surface area contributed by atoms with Crippen molar-refractivity contribution in [3.05, 3.63) is 35.8 Å². The molecule has 4 heterocycles. The second kappa shape index (κ2) is 7.84. The fourth-order valence-electron chi connectivity index (χ4n) is 5.21. The van der Waals surface area contributed by atoms with Crippen molar-refractivity contribution in [3.63, 3.8) is 0 Å². The highest BCUT2D eigenvalue weighted by molar-refractivity contribution is 5.94. The molecule has 1 saturated carbocycles. The van der Waals surface area contributed by atoms with Gasteiger partial charge >= 0.3 is 0 Å². The van der Waals surface area contributed by atoms with Gasteiger partial charge in [0.05, 0.1) is 5.69 Å². The van der Waals surface area contributed by atoms with Gasteiger partial charge in [0, 0.05) is 58.1 Å². The molecule has 2 aromatic heterocycles. The highest BCUT2D eigenvalue weighted by Crippen LogP contribution is 2.25. The first-order valence-corrected chi connectivity index (χ1v) is 11.0. The normalized spacial score (nSPS) is 22.5. The number of carbonyl (C=O) groups is 1. The first-order valence-electron chi connectivity index (χ1n) is 11.0. The van der Waals surface area contributed by atoms with Crippen LogP contribution in [0.3, 0.4) is 0 Å². The van der Waals surface area contributed by atoms with Crippen LogP contribution in [0.1, 0.15) is 54.7 Å². The Balaban J connectivity index is 1.34. The highest BCUT2D eigenvalue weighted by atomic mass is 16.2. The minimum absolute atomic E-state index is 0.112. The van der Waals surface area contributed by atoms with E-state index in [1.807, 2.05) is 29.3 Å². The van der Waals surface area contributed by atoms with Crippen LogP contribution in [0.2, 0.25) is 0 Å². The molecule has 3 aliphatic rings. The SMILES string of the molecule is O=C(c1nc2ccccn2c1CN1CCN(C2CCCC2)CC1)N1CCCC1. The number of nitrogens with zero attached hydrogens (tertiary/aromatic N) is 5. The standard InChI is InChI=1S/C22H31N5O/c28-22(26-10-5-6-11-26)21-19(27-12-4-3-9-20(27)23-21)17-24-13-15-25(16-14-24)18-7-1-2-8-18/h3-4,9,12,18H,1-2,5-8,10-11,13-17H2. The van der Waals surface area contributed by atoms with E-state index in [2.05, 4.69) is 14.2 Å². The summed E-state index contributed by atoms with van der Waals surface area (Å²) in [5.74, 6) is 0.112. The first kappa shape index (κ1) is 18.1. The van der Waals surface area contributed by atoms with Gasteiger partial charge in [-0.15, -0.1) is 0 Å². The minimum atomic E-state index is 0.112. The van der Waals surface area contributed by atoms with E-state index in [1.165, 1.54) is 25.7 Å². The van der Waals surface area contributed by atoms with Crippen LogP contribution in [-0.4, -0.2) is 75.3 Å². The largest absolute Gasteiger partial charge is 0.337 e. The highest BCUT2D eigenvalue weighted by Gasteiger charge is 2.29. The zero-order valence-electron chi connectivity index (χ0n) is 16.7. The average molecular weight is 382 g/mol. The molecule has 0 aromatic carbocycles. The Morgan fingerprint density at radius 1 is 0.964 bits per heavy atom. The van der Waals surface area contributed by atoms with Crippen molar-refractivity contribution in [2.45, 2.75) is 51.1 Å². The Morgan fingerprint density at radius 2 is 1.71 bits per heavy atom. The third kappa shape index (κ3) is 3.44. The molecule has 0 unspecified atom stereocenters. The smallest absolute Gasteiger partial charge is 0.274 e. The number of carbonyl (C=O) groups excluding carboxylic acids is 1. The van der Waals surface area contributed by atoms with Crippen LogP contribution in [0.4, 0.5) is 0 Å². The average Bonchev–Trinajstić information content (AvgIpc) is 3.49. The molecule has 2 saturated heterocycles. The Bertz CT molecular complexity index is 827. The van der Waals surface area contributed by atoms with Gasteiger partial charge in [0.1, 0.15) is 5.65 Å². The lowest BCUT2D eigenvalue weighted by Crippen LogP contribution is -2.49. The number of pyridine rings is 1. The second-order valence-electron chi connectivity index (χ2n) is 8.59. The summed E-state index contributed by atoms with van der Waals surface area (Å²) in [5.41, 5.74) is 2.60. The van der Waals surface area contributed by atoms with Gasteiger partial charge in [0.2, 0.25) is 0 Å². The van der Waals surface area contributed by atoms with Crippen LogP contribution in [0.5, 0.6) is 0 Å². The predicted octanol–water partition coefficient (Wildman–Crippen LogP) is 2.63. The maximum atomic E-state index is 13.1. The molecule has 3 fully saturated rings. The molecule has 5 rings (SSSR count). The maximum Gasteiger partial charge on any atom is 0.274 e. The van der Waals surface area contributed by atoms with E-state index in [4.69, 9.17) is 4.98 Å². The van der Waals surface area contributed by atoms with Crippen molar-refractivity contribution in [3.8, 4) is 0 Å². The van der Waals surface area contributed by atoms with Crippen molar-refractivity contribution in [1.29, 1.82) is 0 Å². The lowest BCUT2D eigenvalue weighted by molar-refractivity contribution is 0.0777. The van der Waals surface area contributed by atoms with Gasteiger partial charge in [-0.3, -0.25) is 14.6 Å². The van der Waals surface area contributed by atoms with Crippen molar-refractivity contribution in [1.82, 2.24) is 24.1 Å². The summed E-state index contributed by atoms with van der Waals surface area (Å²) in [7, 11) is 0. The lowest BCUT2D eigenvalue weighted by atomic mass is 10.1. The number of likely N-dealkylation sites (tertiary alicyclic amines) is 1. The van der Waals surface area contributed by atoms with Crippen LogP contribution >= 0.6 is 0 Å². The zero-order valence-corrected chi connectivity index (χ0v) is 16.7. The second-order valence-corrected chi connectivity index (χ2v) is 8.59. The quantitative estimate of drug-likeness (QED) is 0.817. The number of hydrogen-bond acceptors (Lipinski definition) is 4. The molecule has 6 nitrogen and oxygen atoms in total. The fourth-order valence-corrected chi connectivity index (χ4v) is 5.21. The van der Waals surface area contributed by atoms with Crippen LogP contribution in [0.25, 0.3) is 5.65 Å². The van der Waals surface area contributed by atoms with Gasteiger partial charge in [-0.05, 0) is 37.8 Å². The third-order valence-electron chi connectivity index (χ3n) is 6.85. The number of rotatable bonds is 4. The Labute approximate surface area is 167 Å². The molecular formula is C22H31N5O. The van der Waals surface area contributed by atoms with E-state index in [-0.39, 0.29) is 5.91 Å². The number of piperazine rings is 1. The molecule has 2 aliphatic heterocycles. The summed E-state index contributed by atoms with van der Waals surface area (Å²) in [5, 5.41) is 0. The van der Waals surface area contributed by atoms with Crippen LogP contribution < -0.4 is 0 Å². The van der Waals surface area contributed by atoms with Crippen LogP contribution in [0, 0.1) is 0 Å². The van der Waals surface area contributed by atoms with Crippen molar-refractivity contribution in [2.75, 3.05) is 39.3 Å². The van der Waals surface area contributed by atoms with Crippen LogP contribution in [-0.2, 0) is 6.54 Å². The summed E-state index contributed by atoms with van der Waals surface area (Å²) >= 11 is 0. The molecule has 2 aromatic rings. The molecule has 0 bridgehead atoms. The van der Waals surface area contributed by atoms with Gasteiger partial charge in [0.25, 0.3) is 5.91 Å². The molecule has 150 valence electrons. The van der Waals surface area contributed by atoms with Gasteiger partial charge in [-0.1, -0.05) is 18.9 Å². The van der Waals surface area contributed by atoms with Gasteiger partial charge in [0.15, 0.2) is 5.69 Å². The molecule has 1 amide bonds. The maximum absolute atomic E-state index is 13.1. The van der Waals surface area contributed by atoms with Crippen molar-refractivity contribution in [2.24, 2.45) is 0 Å². The number of aromatic nitrogens is 2. The predicted molar refractivity (Wildman–Crippen MR) is 109 cm³/mol. The number of fused-ring (bicyclic) bond motifs is 1. The Kier molecular flexibility index (Phi) is 5.07. The van der Waals surface area contributed by atoms with Crippen molar-refractivity contribution < 1.29 is 4.79 Å². The molecule has 0 N–H and O–H groups in total. The van der Waals surface area contributed by atoms with E-state index in [9.17, 15) is 4.79 Å². The minimum Gasteiger partial charge on any atom is -0.337 e. The molecule has 0 spiro atoms. The van der Waals surface area contributed by atoms with Gasteiger partial charge < -0.3 is 9.30 Å². The molecule has 1 aliphatic carbocycles. The first-order chi connectivity index (χ1) is 13.8. The van der Waals surface area contributed by atoms with Crippen LogP contribution in [0.15, 0.2) is 24.4 Å². The molecule has 0 atom stereocenters. The lowest BCUT2D eigenvalue weighted by Gasteiger charge is -2.38. The number of hydrogen-bond donors (Lipinski definition) is 0. The Hall–Kier alpha value is -1.92. The van der Waals surface area contributed by atoms with Gasteiger partial charge in [-0.2, -0.15) is 0 Å². The summed E-state index contributed by atoms with van der Waals surface area (Å²) in [4.78, 5) is 25.0. The summed E-state index contributed by atoms with van der Waals surface area (Å²) < 4.78 is 2.12. The molecular weight excluding hydrogens is 350 g/mol. The molecule has 28 heavy (non-hydrogen) atoms. The number of imidazole rings is 1. The monoisotopic (exact) mass is 381 g/mol. The molecule has 0 radical (unpaired) electrons. The van der Waals surface area contributed by atoms with Gasteiger partial charge in [-0.25, -0.2) is 4.98 Å².